The lowest BCUT2D eigenvalue weighted by Gasteiger charge is -2.23. The number of carbonyl (C=O) groups excluding carboxylic acids is 2. The molecule has 2 N–H and O–H groups in total. The van der Waals surface area contributed by atoms with Gasteiger partial charge in [-0.2, -0.15) is 0 Å². The van der Waals surface area contributed by atoms with Crippen molar-refractivity contribution in [3.63, 3.8) is 0 Å². The topological polar surface area (TPSA) is 87.2 Å². The second-order valence-corrected chi connectivity index (χ2v) is 8.69. The van der Waals surface area contributed by atoms with Crippen molar-refractivity contribution in [2.75, 3.05) is 17.2 Å². The summed E-state index contributed by atoms with van der Waals surface area (Å²) in [5.41, 5.74) is 2.56. The molecule has 4 rings (SSSR count). The molecule has 3 amide bonds. The van der Waals surface area contributed by atoms with Crippen molar-refractivity contribution in [3.8, 4) is 0 Å². The number of urea groups is 1. The van der Waals surface area contributed by atoms with Crippen LogP contribution in [0.4, 0.5) is 16.2 Å². The molecule has 1 aromatic heterocycles. The molecule has 9 heteroatoms. The third kappa shape index (κ3) is 5.03. The molecule has 1 atom stereocenters. The molecule has 7 nitrogen and oxygen atoms in total. The van der Waals surface area contributed by atoms with E-state index < -0.39 is 0 Å². The Morgan fingerprint density at radius 1 is 1.13 bits per heavy atom. The lowest BCUT2D eigenvalue weighted by Crippen LogP contribution is -2.34. The molecule has 31 heavy (non-hydrogen) atoms. The third-order valence-electron chi connectivity index (χ3n) is 5.13. The van der Waals surface area contributed by atoms with Crippen LogP contribution in [0.2, 0.25) is 5.02 Å². The van der Waals surface area contributed by atoms with Crippen molar-refractivity contribution in [2.45, 2.75) is 32.2 Å². The average molecular weight is 456 g/mol. The van der Waals surface area contributed by atoms with E-state index in [1.807, 2.05) is 24.3 Å². The first kappa shape index (κ1) is 21.3. The number of nitrogens with zero attached hydrogens (tertiary/aromatic N) is 3. The van der Waals surface area contributed by atoms with E-state index in [4.69, 9.17) is 11.6 Å². The van der Waals surface area contributed by atoms with Crippen molar-refractivity contribution < 1.29 is 9.59 Å². The highest BCUT2D eigenvalue weighted by Gasteiger charge is 2.33. The number of anilines is 2. The zero-order chi connectivity index (χ0) is 21.8. The zero-order valence-corrected chi connectivity index (χ0v) is 18.5. The van der Waals surface area contributed by atoms with Gasteiger partial charge in [-0.15, -0.1) is 10.2 Å². The maximum atomic E-state index is 12.8. The van der Waals surface area contributed by atoms with E-state index >= 15 is 0 Å². The van der Waals surface area contributed by atoms with Crippen molar-refractivity contribution in [2.24, 2.45) is 0 Å². The van der Waals surface area contributed by atoms with Gasteiger partial charge in [0.15, 0.2) is 0 Å². The minimum absolute atomic E-state index is 0.174. The van der Waals surface area contributed by atoms with Gasteiger partial charge in [-0.05, 0) is 55.2 Å². The fourth-order valence-electron chi connectivity index (χ4n) is 3.50. The van der Waals surface area contributed by atoms with E-state index in [0.29, 0.717) is 22.3 Å². The first-order valence-corrected chi connectivity index (χ1v) is 11.3. The molecular formula is C22H22ClN5O2S. The second-order valence-electron chi connectivity index (χ2n) is 7.24. The van der Waals surface area contributed by atoms with Gasteiger partial charge in [0, 0.05) is 22.9 Å². The highest BCUT2D eigenvalue weighted by molar-refractivity contribution is 7.13. The van der Waals surface area contributed by atoms with Crippen LogP contribution >= 0.6 is 22.9 Å². The SMILES string of the molecule is CCc1ccc(NC(=O)N2CCC[C@@H]2c2nnc(C(=O)Nc3cccc(Cl)c3)s2)cc1. The summed E-state index contributed by atoms with van der Waals surface area (Å²) in [5, 5.41) is 15.4. The Bertz CT molecular complexity index is 1090. The van der Waals surface area contributed by atoms with Crippen LogP contribution < -0.4 is 10.6 Å². The Morgan fingerprint density at radius 3 is 2.68 bits per heavy atom. The van der Waals surface area contributed by atoms with Crippen LogP contribution in [0, 0.1) is 0 Å². The summed E-state index contributed by atoms with van der Waals surface area (Å²) in [6, 6.07) is 14.4. The number of nitrogens with one attached hydrogen (secondary N) is 2. The third-order valence-corrected chi connectivity index (χ3v) is 6.39. The van der Waals surface area contributed by atoms with Crippen molar-refractivity contribution in [3.05, 3.63) is 69.1 Å². The van der Waals surface area contributed by atoms with E-state index in [-0.39, 0.29) is 23.0 Å². The van der Waals surface area contributed by atoms with Gasteiger partial charge in [-0.1, -0.05) is 48.1 Å². The summed E-state index contributed by atoms with van der Waals surface area (Å²) in [5.74, 6) is -0.351. The van der Waals surface area contributed by atoms with Gasteiger partial charge in [-0.25, -0.2) is 4.79 Å². The molecule has 0 spiro atoms. The molecule has 0 aliphatic carbocycles. The molecule has 1 aliphatic heterocycles. The van der Waals surface area contributed by atoms with Gasteiger partial charge in [0.2, 0.25) is 5.01 Å². The largest absolute Gasteiger partial charge is 0.322 e. The van der Waals surface area contributed by atoms with Crippen molar-refractivity contribution in [1.82, 2.24) is 15.1 Å². The predicted molar refractivity (Wildman–Crippen MR) is 123 cm³/mol. The van der Waals surface area contributed by atoms with Crippen molar-refractivity contribution in [1.29, 1.82) is 0 Å². The molecule has 0 bridgehead atoms. The number of likely N-dealkylation sites (tertiary alicyclic amines) is 1. The zero-order valence-electron chi connectivity index (χ0n) is 17.0. The van der Waals surface area contributed by atoms with Gasteiger partial charge in [0.1, 0.15) is 5.01 Å². The molecule has 2 heterocycles. The second kappa shape index (κ2) is 9.45. The van der Waals surface area contributed by atoms with E-state index in [2.05, 4.69) is 27.8 Å². The molecule has 160 valence electrons. The van der Waals surface area contributed by atoms with Gasteiger partial charge >= 0.3 is 6.03 Å². The Kier molecular flexibility index (Phi) is 6.48. The van der Waals surface area contributed by atoms with Gasteiger partial charge in [0.05, 0.1) is 6.04 Å². The standard InChI is InChI=1S/C22H22ClN5O2S/c1-2-14-8-10-16(11-9-14)25-22(30)28-12-4-7-18(28)20-26-27-21(31-20)19(29)24-17-6-3-5-15(23)13-17/h3,5-6,8-11,13,18H,2,4,7,12H2,1H3,(H,24,29)(H,25,30)/t18-/m1/s1. The molecule has 1 saturated heterocycles. The monoisotopic (exact) mass is 455 g/mol. The summed E-state index contributed by atoms with van der Waals surface area (Å²) < 4.78 is 0. The van der Waals surface area contributed by atoms with Crippen LogP contribution in [0.5, 0.6) is 0 Å². The normalized spacial score (nSPS) is 15.7. The predicted octanol–water partition coefficient (Wildman–Crippen LogP) is 5.38. The number of halogens is 1. The van der Waals surface area contributed by atoms with Crippen LogP contribution in [-0.4, -0.2) is 33.6 Å². The summed E-state index contributed by atoms with van der Waals surface area (Å²) in [6.45, 7) is 2.72. The molecule has 1 aliphatic rings. The van der Waals surface area contributed by atoms with Crippen LogP contribution in [-0.2, 0) is 6.42 Å². The number of benzene rings is 2. The maximum Gasteiger partial charge on any atom is 0.322 e. The fraction of sp³-hybridized carbons (Fsp3) is 0.273. The summed E-state index contributed by atoms with van der Waals surface area (Å²) >= 11 is 7.17. The number of carbonyl (C=O) groups is 2. The molecule has 1 fully saturated rings. The van der Waals surface area contributed by atoms with Crippen LogP contribution in [0.25, 0.3) is 0 Å². The van der Waals surface area contributed by atoms with Crippen LogP contribution in [0.1, 0.15) is 46.2 Å². The first-order chi connectivity index (χ1) is 15.0. The minimum Gasteiger partial charge on any atom is -0.320 e. The van der Waals surface area contributed by atoms with Crippen LogP contribution in [0.3, 0.4) is 0 Å². The quantitative estimate of drug-likeness (QED) is 0.541. The Morgan fingerprint density at radius 2 is 1.94 bits per heavy atom. The number of rotatable bonds is 5. The van der Waals surface area contributed by atoms with Crippen LogP contribution in [0.15, 0.2) is 48.5 Å². The van der Waals surface area contributed by atoms with E-state index in [9.17, 15) is 9.59 Å². The Balaban J connectivity index is 1.43. The molecule has 2 aromatic carbocycles. The summed E-state index contributed by atoms with van der Waals surface area (Å²) in [7, 11) is 0. The maximum absolute atomic E-state index is 12.8. The lowest BCUT2D eigenvalue weighted by atomic mass is 10.1. The van der Waals surface area contributed by atoms with E-state index in [1.54, 1.807) is 29.2 Å². The highest BCUT2D eigenvalue weighted by atomic mass is 35.5. The number of amides is 3. The number of hydrogen-bond donors (Lipinski definition) is 2. The number of aromatic nitrogens is 2. The highest BCUT2D eigenvalue weighted by Crippen LogP contribution is 2.34. The minimum atomic E-state index is -0.351. The molecular weight excluding hydrogens is 434 g/mol. The van der Waals surface area contributed by atoms with Gasteiger partial charge in [0.25, 0.3) is 5.91 Å². The van der Waals surface area contributed by atoms with E-state index in [1.165, 1.54) is 16.9 Å². The average Bonchev–Trinajstić information content (AvgIpc) is 3.44. The van der Waals surface area contributed by atoms with Gasteiger partial charge < -0.3 is 15.5 Å². The number of hydrogen-bond acceptors (Lipinski definition) is 5. The Hall–Kier alpha value is -2.97. The molecule has 0 unspecified atom stereocenters. The van der Waals surface area contributed by atoms with E-state index in [0.717, 1.165) is 24.9 Å². The summed E-state index contributed by atoms with van der Waals surface area (Å²) in [6.07, 6.45) is 2.61. The molecule has 3 aromatic rings. The molecule has 0 radical (unpaired) electrons. The number of aryl methyl sites for hydroxylation is 1. The lowest BCUT2D eigenvalue weighted by molar-refractivity contribution is 0.102. The Labute approximate surface area is 189 Å². The smallest absolute Gasteiger partial charge is 0.320 e. The van der Waals surface area contributed by atoms with Gasteiger partial charge in [-0.3, -0.25) is 4.79 Å². The fourth-order valence-corrected chi connectivity index (χ4v) is 4.57. The van der Waals surface area contributed by atoms with Crippen molar-refractivity contribution >= 4 is 46.3 Å². The summed E-state index contributed by atoms with van der Waals surface area (Å²) in [4.78, 5) is 27.1. The molecule has 0 saturated carbocycles. The first-order valence-electron chi connectivity index (χ1n) is 10.1.